The zero-order chi connectivity index (χ0) is 13.8. The summed E-state index contributed by atoms with van der Waals surface area (Å²) in [5, 5.41) is 6.39. The molecule has 19 heavy (non-hydrogen) atoms. The Morgan fingerprint density at radius 1 is 1.21 bits per heavy atom. The molecule has 6 heteroatoms. The van der Waals surface area contributed by atoms with Crippen LogP contribution in [0.2, 0.25) is 0 Å². The highest BCUT2D eigenvalue weighted by molar-refractivity contribution is 7.89. The Kier molecular flexibility index (Phi) is 2.42. The molecule has 2 N–H and O–H groups in total. The first-order valence-corrected chi connectivity index (χ1v) is 7.40. The third-order valence-corrected chi connectivity index (χ3v) is 4.34. The van der Waals surface area contributed by atoms with E-state index in [1.54, 1.807) is 29.2 Å². The SMILES string of the molecule is CCN1C(=O)c2cccc3c(S(N)(=O)=O)ccc1c23. The average molecular weight is 276 g/mol. The summed E-state index contributed by atoms with van der Waals surface area (Å²) in [5.41, 5.74) is 1.27. The van der Waals surface area contributed by atoms with Crippen LogP contribution in [0.3, 0.4) is 0 Å². The Bertz CT molecular complexity index is 812. The van der Waals surface area contributed by atoms with Gasteiger partial charge < -0.3 is 4.90 Å². The fourth-order valence-electron chi connectivity index (χ4n) is 2.58. The molecule has 0 unspecified atom stereocenters. The lowest BCUT2D eigenvalue weighted by Crippen LogP contribution is -2.25. The van der Waals surface area contributed by atoms with E-state index in [2.05, 4.69) is 0 Å². The van der Waals surface area contributed by atoms with Crippen molar-refractivity contribution in [3.63, 3.8) is 0 Å². The fraction of sp³-hybridized carbons (Fsp3) is 0.154. The van der Waals surface area contributed by atoms with Crippen molar-refractivity contribution in [3.05, 3.63) is 35.9 Å². The number of sulfonamides is 1. The summed E-state index contributed by atoms with van der Waals surface area (Å²) >= 11 is 0. The summed E-state index contributed by atoms with van der Waals surface area (Å²) in [6, 6.07) is 8.15. The number of anilines is 1. The fourth-order valence-corrected chi connectivity index (χ4v) is 3.32. The molecule has 1 heterocycles. The van der Waals surface area contributed by atoms with Gasteiger partial charge in [0, 0.05) is 22.9 Å². The molecule has 2 aromatic carbocycles. The second kappa shape index (κ2) is 3.79. The van der Waals surface area contributed by atoms with Crippen molar-refractivity contribution in [1.82, 2.24) is 0 Å². The first-order valence-electron chi connectivity index (χ1n) is 5.85. The number of rotatable bonds is 2. The van der Waals surface area contributed by atoms with E-state index < -0.39 is 10.0 Å². The quantitative estimate of drug-likeness (QED) is 0.901. The molecule has 0 radical (unpaired) electrons. The largest absolute Gasteiger partial charge is 0.308 e. The lowest BCUT2D eigenvalue weighted by Gasteiger charge is -2.14. The van der Waals surface area contributed by atoms with E-state index in [4.69, 9.17) is 5.14 Å². The van der Waals surface area contributed by atoms with Crippen molar-refractivity contribution in [1.29, 1.82) is 0 Å². The standard InChI is InChI=1S/C13H12N2O3S/c1-2-15-10-6-7-11(19(14,17)18)8-4-3-5-9(12(8)10)13(15)16/h3-7H,2H2,1H3,(H2,14,17,18). The monoisotopic (exact) mass is 276 g/mol. The minimum absolute atomic E-state index is 0.0545. The zero-order valence-electron chi connectivity index (χ0n) is 10.3. The number of carbonyl (C=O) groups is 1. The van der Waals surface area contributed by atoms with Gasteiger partial charge in [-0.1, -0.05) is 12.1 Å². The molecule has 0 bridgehead atoms. The number of nitrogens with two attached hydrogens (primary N) is 1. The van der Waals surface area contributed by atoms with Gasteiger partial charge in [-0.3, -0.25) is 4.79 Å². The van der Waals surface area contributed by atoms with Crippen LogP contribution in [0.15, 0.2) is 35.2 Å². The molecule has 98 valence electrons. The Morgan fingerprint density at radius 3 is 2.58 bits per heavy atom. The van der Waals surface area contributed by atoms with Crippen LogP contribution in [0, 0.1) is 0 Å². The molecular formula is C13H12N2O3S. The van der Waals surface area contributed by atoms with E-state index in [-0.39, 0.29) is 10.8 Å². The highest BCUT2D eigenvalue weighted by Gasteiger charge is 2.30. The highest BCUT2D eigenvalue weighted by atomic mass is 32.2. The normalized spacial score (nSPS) is 14.4. The van der Waals surface area contributed by atoms with E-state index >= 15 is 0 Å². The summed E-state index contributed by atoms with van der Waals surface area (Å²) < 4.78 is 23.2. The first kappa shape index (κ1) is 12.1. The topological polar surface area (TPSA) is 80.5 Å². The van der Waals surface area contributed by atoms with Crippen molar-refractivity contribution in [2.24, 2.45) is 5.14 Å². The predicted octanol–water partition coefficient (Wildman–Crippen LogP) is 1.47. The molecule has 0 spiro atoms. The smallest absolute Gasteiger partial charge is 0.258 e. The maximum Gasteiger partial charge on any atom is 0.258 e. The molecule has 0 saturated carbocycles. The number of primary sulfonamides is 1. The number of hydrogen-bond donors (Lipinski definition) is 1. The molecule has 2 aromatic rings. The summed E-state index contributed by atoms with van der Waals surface area (Å²) in [5.74, 6) is -0.102. The maximum atomic E-state index is 12.2. The molecule has 0 atom stereocenters. The van der Waals surface area contributed by atoms with Crippen LogP contribution in [-0.2, 0) is 10.0 Å². The molecule has 0 fully saturated rings. The van der Waals surface area contributed by atoms with E-state index in [1.165, 1.54) is 6.07 Å². The van der Waals surface area contributed by atoms with Gasteiger partial charge in [0.15, 0.2) is 0 Å². The van der Waals surface area contributed by atoms with Gasteiger partial charge in [0.1, 0.15) is 0 Å². The van der Waals surface area contributed by atoms with E-state index in [1.807, 2.05) is 6.92 Å². The molecular weight excluding hydrogens is 264 g/mol. The molecule has 1 aliphatic rings. The molecule has 1 amide bonds. The van der Waals surface area contributed by atoms with Crippen LogP contribution < -0.4 is 10.0 Å². The highest BCUT2D eigenvalue weighted by Crippen LogP contribution is 2.39. The van der Waals surface area contributed by atoms with Gasteiger partial charge in [0.2, 0.25) is 10.0 Å². The number of carbonyl (C=O) groups excluding carboxylic acids is 1. The first-order chi connectivity index (χ1) is 8.95. The van der Waals surface area contributed by atoms with Gasteiger partial charge in [0.25, 0.3) is 5.91 Å². The number of amides is 1. The van der Waals surface area contributed by atoms with Crippen LogP contribution >= 0.6 is 0 Å². The number of nitrogens with zero attached hydrogens (tertiary/aromatic N) is 1. The van der Waals surface area contributed by atoms with Gasteiger partial charge in [-0.05, 0) is 25.1 Å². The molecule has 0 aliphatic carbocycles. The summed E-state index contributed by atoms with van der Waals surface area (Å²) in [7, 11) is -3.81. The Hall–Kier alpha value is -1.92. The van der Waals surface area contributed by atoms with Crippen molar-refractivity contribution < 1.29 is 13.2 Å². The molecule has 1 aliphatic heterocycles. The summed E-state index contributed by atoms with van der Waals surface area (Å²) in [4.78, 5) is 13.9. The van der Waals surface area contributed by atoms with Crippen molar-refractivity contribution in [2.75, 3.05) is 11.4 Å². The maximum absolute atomic E-state index is 12.2. The van der Waals surface area contributed by atoms with E-state index in [0.29, 0.717) is 22.9 Å². The van der Waals surface area contributed by atoms with Gasteiger partial charge in [-0.2, -0.15) is 0 Å². The third-order valence-electron chi connectivity index (χ3n) is 3.37. The minimum atomic E-state index is -3.81. The molecule has 5 nitrogen and oxygen atoms in total. The third kappa shape index (κ3) is 1.57. The van der Waals surface area contributed by atoms with Crippen molar-refractivity contribution in [3.8, 4) is 0 Å². The van der Waals surface area contributed by atoms with Crippen LogP contribution in [0.25, 0.3) is 10.8 Å². The Balaban J connectivity index is 2.48. The van der Waals surface area contributed by atoms with E-state index in [9.17, 15) is 13.2 Å². The van der Waals surface area contributed by atoms with Gasteiger partial charge >= 0.3 is 0 Å². The Labute approximate surface area is 110 Å². The number of hydrogen-bond acceptors (Lipinski definition) is 3. The number of benzene rings is 2. The van der Waals surface area contributed by atoms with E-state index in [0.717, 1.165) is 5.69 Å². The van der Waals surface area contributed by atoms with Crippen molar-refractivity contribution in [2.45, 2.75) is 11.8 Å². The minimum Gasteiger partial charge on any atom is -0.308 e. The van der Waals surface area contributed by atoms with Crippen LogP contribution in [0.1, 0.15) is 17.3 Å². The average Bonchev–Trinajstić information content (AvgIpc) is 2.63. The van der Waals surface area contributed by atoms with Crippen LogP contribution in [0.4, 0.5) is 5.69 Å². The Morgan fingerprint density at radius 2 is 1.95 bits per heavy atom. The van der Waals surface area contributed by atoms with Crippen LogP contribution in [-0.4, -0.2) is 20.9 Å². The van der Waals surface area contributed by atoms with Crippen LogP contribution in [0.5, 0.6) is 0 Å². The van der Waals surface area contributed by atoms with Crippen molar-refractivity contribution >= 4 is 32.4 Å². The van der Waals surface area contributed by atoms with Gasteiger partial charge in [-0.15, -0.1) is 0 Å². The summed E-state index contributed by atoms with van der Waals surface area (Å²) in [6.07, 6.45) is 0. The molecule has 0 saturated heterocycles. The molecule has 0 aromatic heterocycles. The second-order valence-electron chi connectivity index (χ2n) is 4.41. The van der Waals surface area contributed by atoms with Gasteiger partial charge in [-0.25, -0.2) is 13.6 Å². The summed E-state index contributed by atoms with van der Waals surface area (Å²) in [6.45, 7) is 2.42. The zero-order valence-corrected chi connectivity index (χ0v) is 11.1. The lowest BCUT2D eigenvalue weighted by molar-refractivity contribution is 0.0994. The lowest BCUT2D eigenvalue weighted by atomic mass is 10.1. The predicted molar refractivity (Wildman–Crippen MR) is 72.7 cm³/mol. The van der Waals surface area contributed by atoms with Gasteiger partial charge in [0.05, 0.1) is 10.6 Å². The molecule has 3 rings (SSSR count). The second-order valence-corrected chi connectivity index (χ2v) is 5.94.